The third kappa shape index (κ3) is 3.18. The van der Waals surface area contributed by atoms with E-state index in [4.69, 9.17) is 4.74 Å². The van der Waals surface area contributed by atoms with Crippen LogP contribution >= 0.6 is 0 Å². The summed E-state index contributed by atoms with van der Waals surface area (Å²) in [5.74, 6) is 1.20. The number of hydrogen-bond donors (Lipinski definition) is 2. The lowest BCUT2D eigenvalue weighted by atomic mass is 10.00. The van der Waals surface area contributed by atoms with Gasteiger partial charge in [-0.2, -0.15) is 0 Å². The van der Waals surface area contributed by atoms with Crippen molar-refractivity contribution >= 4 is 22.9 Å². The van der Waals surface area contributed by atoms with Gasteiger partial charge in [0, 0.05) is 19.1 Å². The Morgan fingerprint density at radius 2 is 2.08 bits per heavy atom. The van der Waals surface area contributed by atoms with Gasteiger partial charge in [0.1, 0.15) is 17.9 Å². The van der Waals surface area contributed by atoms with Crippen LogP contribution in [0.25, 0.3) is 11.2 Å². The van der Waals surface area contributed by atoms with E-state index in [0.717, 1.165) is 43.7 Å². The highest BCUT2D eigenvalue weighted by atomic mass is 16.5. The Hall–Kier alpha value is -2.22. The predicted molar refractivity (Wildman–Crippen MR) is 93.2 cm³/mol. The first kappa shape index (κ1) is 16.3. The van der Waals surface area contributed by atoms with E-state index in [0.29, 0.717) is 5.65 Å². The standard InChI is InChI=1S/C17H24N6O2/c1-10-7-11(2)25-14(10)17(24)22-12-3-5-23(6-4-12)16-13-15(19-8-18-13)20-9-21-16/h8-12,14H,3-7H2,1-2H3,(H,22,24)(H,18,19,20,21)/t10-,11+,14+/m0/s1. The molecule has 3 atom stereocenters. The van der Waals surface area contributed by atoms with Gasteiger partial charge in [-0.25, -0.2) is 15.0 Å². The maximum absolute atomic E-state index is 12.5. The zero-order chi connectivity index (χ0) is 17.4. The van der Waals surface area contributed by atoms with Crippen LogP contribution < -0.4 is 10.2 Å². The summed E-state index contributed by atoms with van der Waals surface area (Å²) in [6, 6.07) is 0.189. The van der Waals surface area contributed by atoms with Crippen LogP contribution in [-0.4, -0.2) is 57.2 Å². The summed E-state index contributed by atoms with van der Waals surface area (Å²) < 4.78 is 5.76. The molecule has 2 saturated heterocycles. The number of nitrogens with one attached hydrogen (secondary N) is 2. The van der Waals surface area contributed by atoms with E-state index in [1.807, 2.05) is 6.92 Å². The molecule has 134 valence electrons. The molecule has 0 spiro atoms. The molecule has 0 saturated carbocycles. The van der Waals surface area contributed by atoms with Crippen molar-refractivity contribution in [3.8, 4) is 0 Å². The molecule has 2 aliphatic heterocycles. The first-order chi connectivity index (χ1) is 12.1. The summed E-state index contributed by atoms with van der Waals surface area (Å²) in [4.78, 5) is 30.6. The van der Waals surface area contributed by atoms with Crippen LogP contribution in [0.3, 0.4) is 0 Å². The van der Waals surface area contributed by atoms with Crippen LogP contribution in [0, 0.1) is 5.92 Å². The number of H-pyrrole nitrogens is 1. The molecule has 2 aromatic heterocycles. The Labute approximate surface area is 146 Å². The molecule has 8 nitrogen and oxygen atoms in total. The second-order valence-corrected chi connectivity index (χ2v) is 7.15. The molecule has 8 heteroatoms. The second kappa shape index (κ2) is 6.59. The Kier molecular flexibility index (Phi) is 4.29. The summed E-state index contributed by atoms with van der Waals surface area (Å²) >= 11 is 0. The zero-order valence-corrected chi connectivity index (χ0v) is 14.6. The Bertz CT molecular complexity index is 754. The fraction of sp³-hybridized carbons (Fsp3) is 0.647. The fourth-order valence-corrected chi connectivity index (χ4v) is 3.92. The van der Waals surface area contributed by atoms with Crippen molar-refractivity contribution in [2.45, 2.75) is 51.4 Å². The largest absolute Gasteiger partial charge is 0.365 e. The molecule has 0 radical (unpaired) electrons. The number of carbonyl (C=O) groups is 1. The van der Waals surface area contributed by atoms with Gasteiger partial charge in [-0.3, -0.25) is 4.79 Å². The maximum atomic E-state index is 12.5. The van der Waals surface area contributed by atoms with Gasteiger partial charge in [-0.1, -0.05) is 6.92 Å². The maximum Gasteiger partial charge on any atom is 0.249 e. The van der Waals surface area contributed by atoms with Crippen molar-refractivity contribution in [2.75, 3.05) is 18.0 Å². The van der Waals surface area contributed by atoms with Gasteiger partial charge < -0.3 is 19.9 Å². The summed E-state index contributed by atoms with van der Waals surface area (Å²) in [5, 5.41) is 3.17. The van der Waals surface area contributed by atoms with Gasteiger partial charge in [-0.05, 0) is 32.1 Å². The molecule has 25 heavy (non-hydrogen) atoms. The van der Waals surface area contributed by atoms with E-state index in [9.17, 15) is 4.79 Å². The molecular weight excluding hydrogens is 320 g/mol. The minimum atomic E-state index is -0.306. The van der Waals surface area contributed by atoms with Crippen LogP contribution in [0.2, 0.25) is 0 Å². The van der Waals surface area contributed by atoms with Crippen LogP contribution in [0.5, 0.6) is 0 Å². The van der Waals surface area contributed by atoms with Crippen LogP contribution in [0.15, 0.2) is 12.7 Å². The molecule has 2 fully saturated rings. The first-order valence-corrected chi connectivity index (χ1v) is 8.96. The molecule has 2 N–H and O–H groups in total. The van der Waals surface area contributed by atoms with Gasteiger partial charge in [0.2, 0.25) is 5.91 Å². The van der Waals surface area contributed by atoms with Crippen LogP contribution in [0.1, 0.15) is 33.1 Å². The van der Waals surface area contributed by atoms with Gasteiger partial charge >= 0.3 is 0 Å². The lowest BCUT2D eigenvalue weighted by Crippen LogP contribution is -2.48. The number of ether oxygens (including phenoxy) is 1. The zero-order valence-electron chi connectivity index (χ0n) is 14.6. The Morgan fingerprint density at radius 1 is 1.28 bits per heavy atom. The van der Waals surface area contributed by atoms with Crippen molar-refractivity contribution in [2.24, 2.45) is 5.92 Å². The number of aromatic amines is 1. The third-order valence-corrected chi connectivity index (χ3v) is 5.20. The molecule has 0 aliphatic carbocycles. The number of fused-ring (bicyclic) bond motifs is 1. The molecule has 2 aromatic rings. The number of amides is 1. The predicted octanol–water partition coefficient (Wildman–Crippen LogP) is 1.25. The Morgan fingerprint density at radius 3 is 2.80 bits per heavy atom. The highest BCUT2D eigenvalue weighted by Gasteiger charge is 2.36. The Balaban J connectivity index is 1.36. The number of imidazole rings is 1. The smallest absolute Gasteiger partial charge is 0.249 e. The van der Waals surface area contributed by atoms with Gasteiger partial charge in [0.05, 0.1) is 12.4 Å². The SMILES string of the molecule is C[C@@H]1C[C@H](C)[C@H](C(=O)NC2CCN(c3ncnc4nc[nH]c34)CC2)O1. The molecule has 0 unspecified atom stereocenters. The number of piperidine rings is 1. The van der Waals surface area contributed by atoms with E-state index >= 15 is 0 Å². The number of hydrogen-bond acceptors (Lipinski definition) is 6. The average Bonchev–Trinajstić information content (AvgIpc) is 3.21. The van der Waals surface area contributed by atoms with Crippen molar-refractivity contribution in [1.82, 2.24) is 25.3 Å². The topological polar surface area (TPSA) is 96.0 Å². The second-order valence-electron chi connectivity index (χ2n) is 7.15. The van der Waals surface area contributed by atoms with E-state index < -0.39 is 0 Å². The van der Waals surface area contributed by atoms with Crippen molar-refractivity contribution < 1.29 is 9.53 Å². The highest BCUT2D eigenvalue weighted by molar-refractivity contribution is 5.83. The summed E-state index contributed by atoms with van der Waals surface area (Å²) in [6.45, 7) is 5.79. The monoisotopic (exact) mass is 344 g/mol. The van der Waals surface area contributed by atoms with Crippen molar-refractivity contribution in [3.05, 3.63) is 12.7 Å². The van der Waals surface area contributed by atoms with Crippen molar-refractivity contribution in [3.63, 3.8) is 0 Å². The summed E-state index contributed by atoms with van der Waals surface area (Å²) in [6.07, 6.45) is 5.78. The average molecular weight is 344 g/mol. The molecule has 0 bridgehead atoms. The molecule has 0 aromatic carbocycles. The summed E-state index contributed by atoms with van der Waals surface area (Å²) in [5.41, 5.74) is 1.55. The molecule has 2 aliphatic rings. The quantitative estimate of drug-likeness (QED) is 0.870. The number of carbonyl (C=O) groups excluding carboxylic acids is 1. The number of anilines is 1. The highest BCUT2D eigenvalue weighted by Crippen LogP contribution is 2.27. The molecule has 1 amide bonds. The molecular formula is C17H24N6O2. The van der Waals surface area contributed by atoms with E-state index in [1.165, 1.54) is 0 Å². The number of nitrogens with zero attached hydrogens (tertiary/aromatic N) is 4. The van der Waals surface area contributed by atoms with Crippen LogP contribution in [-0.2, 0) is 9.53 Å². The lowest BCUT2D eigenvalue weighted by molar-refractivity contribution is -0.134. The third-order valence-electron chi connectivity index (χ3n) is 5.20. The summed E-state index contributed by atoms with van der Waals surface area (Å²) in [7, 11) is 0. The van der Waals surface area contributed by atoms with Crippen LogP contribution in [0.4, 0.5) is 5.82 Å². The van der Waals surface area contributed by atoms with Gasteiger partial charge in [0.15, 0.2) is 11.5 Å². The van der Waals surface area contributed by atoms with Crippen molar-refractivity contribution in [1.29, 1.82) is 0 Å². The van der Waals surface area contributed by atoms with E-state index in [-0.39, 0.29) is 30.1 Å². The normalized spacial score (nSPS) is 27.8. The van der Waals surface area contributed by atoms with Gasteiger partial charge in [-0.15, -0.1) is 0 Å². The minimum Gasteiger partial charge on any atom is -0.365 e. The number of aromatic nitrogens is 4. The fourth-order valence-electron chi connectivity index (χ4n) is 3.92. The lowest BCUT2D eigenvalue weighted by Gasteiger charge is -2.33. The molecule has 4 heterocycles. The minimum absolute atomic E-state index is 0.0355. The van der Waals surface area contributed by atoms with E-state index in [1.54, 1.807) is 12.7 Å². The first-order valence-electron chi connectivity index (χ1n) is 8.96. The molecule has 4 rings (SSSR count). The number of rotatable bonds is 3. The van der Waals surface area contributed by atoms with E-state index in [2.05, 4.69) is 37.1 Å². The van der Waals surface area contributed by atoms with Gasteiger partial charge in [0.25, 0.3) is 0 Å².